The van der Waals surface area contributed by atoms with E-state index in [4.69, 9.17) is 4.74 Å². The first-order valence-corrected chi connectivity index (χ1v) is 9.34. The minimum atomic E-state index is -0.564. The average Bonchev–Trinajstić information content (AvgIpc) is 2.88. The maximum Gasteiger partial charge on any atom is 0.302 e. The van der Waals surface area contributed by atoms with Gasteiger partial charge in [-0.25, -0.2) is 0 Å². The second-order valence-electron chi connectivity index (χ2n) is 4.97. The van der Waals surface area contributed by atoms with E-state index in [1.54, 1.807) is 30.3 Å². The highest BCUT2D eigenvalue weighted by Crippen LogP contribution is 2.40. The highest BCUT2D eigenvalue weighted by molar-refractivity contribution is 9.11. The van der Waals surface area contributed by atoms with Gasteiger partial charge in [0.05, 0.1) is 5.52 Å². The Hall–Kier alpha value is -1.71. The molecule has 0 spiro atoms. The molecule has 6 nitrogen and oxygen atoms in total. The summed E-state index contributed by atoms with van der Waals surface area (Å²) < 4.78 is 7.80. The molecule has 0 bridgehead atoms. The van der Waals surface area contributed by atoms with Gasteiger partial charge in [0.25, 0.3) is 0 Å². The van der Waals surface area contributed by atoms with Crippen LogP contribution in [0.15, 0.2) is 60.0 Å². The number of nitrogens with one attached hydrogen (secondary N) is 1. The van der Waals surface area contributed by atoms with E-state index < -0.39 is 5.91 Å². The summed E-state index contributed by atoms with van der Waals surface area (Å²) in [6.07, 6.45) is 0. The third kappa shape index (κ3) is 4.28. The molecule has 2 N–H and O–H groups in total. The third-order valence-corrected chi connectivity index (χ3v) is 4.83. The quantitative estimate of drug-likeness (QED) is 0.414. The van der Waals surface area contributed by atoms with Gasteiger partial charge in [-0.05, 0) is 52.3 Å². The fourth-order valence-corrected chi connectivity index (χ4v) is 3.69. The zero-order valence-electron chi connectivity index (χ0n) is 12.5. The standard InChI is InChI=1S/C16H10Br3N3O3/c17-8-1-3-10(4-2-8)25-7-13(23)21-22-15-11-5-9(18)6-12(19)14(11)20-16(15)24/h1-6,20,24H,7H2. The van der Waals surface area contributed by atoms with Crippen LogP contribution >= 0.6 is 47.8 Å². The number of benzene rings is 2. The zero-order chi connectivity index (χ0) is 18.0. The van der Waals surface area contributed by atoms with Crippen molar-refractivity contribution in [3.63, 3.8) is 0 Å². The van der Waals surface area contributed by atoms with Crippen LogP contribution in [0.5, 0.6) is 11.6 Å². The number of H-pyrrole nitrogens is 1. The monoisotopic (exact) mass is 529 g/mol. The van der Waals surface area contributed by atoms with Crippen LogP contribution in [0.4, 0.5) is 5.69 Å². The molecule has 128 valence electrons. The van der Waals surface area contributed by atoms with Crippen molar-refractivity contribution < 1.29 is 14.6 Å². The molecule has 0 saturated carbocycles. The maximum atomic E-state index is 11.9. The van der Waals surface area contributed by atoms with E-state index in [0.29, 0.717) is 16.7 Å². The molecule has 25 heavy (non-hydrogen) atoms. The van der Waals surface area contributed by atoms with Crippen molar-refractivity contribution >= 4 is 70.3 Å². The average molecular weight is 532 g/mol. The lowest BCUT2D eigenvalue weighted by Gasteiger charge is -2.02. The van der Waals surface area contributed by atoms with Gasteiger partial charge in [-0.3, -0.25) is 4.79 Å². The number of hydrogen-bond donors (Lipinski definition) is 2. The van der Waals surface area contributed by atoms with Crippen LogP contribution in [0.1, 0.15) is 0 Å². The van der Waals surface area contributed by atoms with Crippen LogP contribution in [0.3, 0.4) is 0 Å². The number of fused-ring (bicyclic) bond motifs is 1. The fourth-order valence-electron chi connectivity index (χ4n) is 2.10. The third-order valence-electron chi connectivity index (χ3n) is 3.22. The number of aromatic amines is 1. The van der Waals surface area contributed by atoms with Gasteiger partial charge in [0.15, 0.2) is 12.3 Å². The number of hydrogen-bond acceptors (Lipinski definition) is 4. The molecule has 0 saturated heterocycles. The molecule has 0 aliphatic heterocycles. The van der Waals surface area contributed by atoms with E-state index in [1.807, 2.05) is 6.07 Å². The molecule has 0 aliphatic carbocycles. The van der Waals surface area contributed by atoms with Gasteiger partial charge < -0.3 is 14.8 Å². The fraction of sp³-hybridized carbons (Fsp3) is 0.0625. The Morgan fingerprint density at radius 3 is 2.56 bits per heavy atom. The number of carbonyl (C=O) groups is 1. The van der Waals surface area contributed by atoms with Crippen molar-refractivity contribution in [2.45, 2.75) is 0 Å². The van der Waals surface area contributed by atoms with Gasteiger partial charge in [-0.2, -0.15) is 0 Å². The predicted octanol–water partition coefficient (Wildman–Crippen LogP) is 5.85. The minimum absolute atomic E-state index is 0.167. The lowest BCUT2D eigenvalue weighted by molar-refractivity contribution is -0.120. The number of ether oxygens (including phenoxy) is 1. The number of azo groups is 1. The molecule has 1 aromatic heterocycles. The summed E-state index contributed by atoms with van der Waals surface area (Å²) in [6, 6.07) is 10.7. The van der Waals surface area contributed by atoms with Crippen LogP contribution in [-0.4, -0.2) is 22.6 Å². The Morgan fingerprint density at radius 1 is 1.12 bits per heavy atom. The molecule has 0 radical (unpaired) electrons. The normalized spacial score (nSPS) is 11.3. The molecule has 3 aromatic rings. The van der Waals surface area contributed by atoms with Crippen molar-refractivity contribution in [3.8, 4) is 11.6 Å². The first-order chi connectivity index (χ1) is 11.9. The Morgan fingerprint density at radius 2 is 1.84 bits per heavy atom. The van der Waals surface area contributed by atoms with Gasteiger partial charge in [0.2, 0.25) is 5.88 Å². The van der Waals surface area contributed by atoms with E-state index in [0.717, 1.165) is 13.4 Å². The first-order valence-electron chi connectivity index (χ1n) is 6.96. The summed E-state index contributed by atoms with van der Waals surface area (Å²) in [7, 11) is 0. The van der Waals surface area contributed by atoms with Crippen molar-refractivity contribution in [2.75, 3.05) is 6.61 Å². The van der Waals surface area contributed by atoms with Crippen LogP contribution in [0, 0.1) is 0 Å². The summed E-state index contributed by atoms with van der Waals surface area (Å²) in [5.41, 5.74) is 0.849. The predicted molar refractivity (Wildman–Crippen MR) is 105 cm³/mol. The highest BCUT2D eigenvalue weighted by Gasteiger charge is 2.14. The summed E-state index contributed by atoms with van der Waals surface area (Å²) in [4.78, 5) is 14.7. The number of halogens is 3. The van der Waals surface area contributed by atoms with E-state index in [2.05, 4.69) is 63.0 Å². The Balaban J connectivity index is 1.75. The van der Waals surface area contributed by atoms with Crippen LogP contribution < -0.4 is 4.74 Å². The smallest absolute Gasteiger partial charge is 0.302 e. The van der Waals surface area contributed by atoms with Crippen LogP contribution in [-0.2, 0) is 4.79 Å². The number of aromatic nitrogens is 1. The van der Waals surface area contributed by atoms with Crippen LogP contribution in [0.2, 0.25) is 0 Å². The van der Waals surface area contributed by atoms with E-state index in [1.165, 1.54) is 0 Å². The maximum absolute atomic E-state index is 11.9. The van der Waals surface area contributed by atoms with Gasteiger partial charge in [0.1, 0.15) is 5.75 Å². The summed E-state index contributed by atoms with van der Waals surface area (Å²) in [5, 5.41) is 18.1. The molecule has 0 atom stereocenters. The molecular weight excluding hydrogens is 522 g/mol. The number of aromatic hydroxyl groups is 1. The molecule has 1 amide bonds. The molecule has 9 heteroatoms. The number of amides is 1. The molecule has 2 aromatic carbocycles. The molecule has 0 fully saturated rings. The summed E-state index contributed by atoms with van der Waals surface area (Å²) in [5.74, 6) is -0.181. The molecule has 3 rings (SSSR count). The van der Waals surface area contributed by atoms with Crippen molar-refractivity contribution in [1.29, 1.82) is 0 Å². The zero-order valence-corrected chi connectivity index (χ0v) is 17.2. The van der Waals surface area contributed by atoms with Crippen molar-refractivity contribution in [3.05, 3.63) is 49.8 Å². The Bertz CT molecular complexity index is 968. The van der Waals surface area contributed by atoms with Crippen LogP contribution in [0.25, 0.3) is 10.9 Å². The molecule has 1 heterocycles. The molecular formula is C16H10Br3N3O3. The SMILES string of the molecule is O=C(COc1ccc(Br)cc1)N=Nc1c(O)[nH]c2c(Br)cc(Br)cc12. The van der Waals surface area contributed by atoms with Crippen molar-refractivity contribution in [2.24, 2.45) is 10.2 Å². The topological polar surface area (TPSA) is 87.0 Å². The number of nitrogens with zero attached hydrogens (tertiary/aromatic N) is 2. The largest absolute Gasteiger partial charge is 0.493 e. The van der Waals surface area contributed by atoms with E-state index >= 15 is 0 Å². The second kappa shape index (κ2) is 7.67. The van der Waals surface area contributed by atoms with Gasteiger partial charge >= 0.3 is 5.91 Å². The molecule has 0 unspecified atom stereocenters. The van der Waals surface area contributed by atoms with E-state index in [9.17, 15) is 9.90 Å². The number of carbonyl (C=O) groups excluding carboxylic acids is 1. The van der Waals surface area contributed by atoms with Gasteiger partial charge in [-0.1, -0.05) is 31.9 Å². The second-order valence-corrected chi connectivity index (χ2v) is 7.65. The highest BCUT2D eigenvalue weighted by atomic mass is 79.9. The summed E-state index contributed by atoms with van der Waals surface area (Å²) >= 11 is 10.1. The minimum Gasteiger partial charge on any atom is -0.493 e. The Kier molecular flexibility index (Phi) is 5.55. The molecule has 0 aliphatic rings. The lowest BCUT2D eigenvalue weighted by atomic mass is 10.2. The first kappa shape index (κ1) is 18.1. The van der Waals surface area contributed by atoms with Gasteiger partial charge in [-0.15, -0.1) is 10.2 Å². The lowest BCUT2D eigenvalue weighted by Crippen LogP contribution is -2.07. The number of rotatable bonds is 4. The summed E-state index contributed by atoms with van der Waals surface area (Å²) in [6.45, 7) is -0.248. The Labute approximate surface area is 167 Å². The van der Waals surface area contributed by atoms with Crippen molar-refractivity contribution in [1.82, 2.24) is 4.98 Å². The van der Waals surface area contributed by atoms with Gasteiger partial charge in [0, 0.05) is 18.8 Å². The van der Waals surface area contributed by atoms with E-state index in [-0.39, 0.29) is 18.2 Å².